The molecule has 1 aromatic rings. The third-order valence-electron chi connectivity index (χ3n) is 1.20. The fourth-order valence-electron chi connectivity index (χ4n) is 0.766. The molecule has 1 heterocycles. The maximum Gasteiger partial charge on any atom is 0.153 e. The fourth-order valence-corrected chi connectivity index (χ4v) is 2.36. The third-order valence-corrected chi connectivity index (χ3v) is 2.92. The lowest BCUT2D eigenvalue weighted by molar-refractivity contribution is 0.496. The first-order chi connectivity index (χ1) is 5.65. The molecule has 0 saturated heterocycles. The van der Waals surface area contributed by atoms with Gasteiger partial charge in [0, 0.05) is 14.1 Å². The van der Waals surface area contributed by atoms with Gasteiger partial charge in [-0.1, -0.05) is 0 Å². The summed E-state index contributed by atoms with van der Waals surface area (Å²) >= 11 is 2.98. The van der Waals surface area contributed by atoms with Crippen LogP contribution in [0.15, 0.2) is 4.90 Å². The van der Waals surface area contributed by atoms with E-state index in [0.717, 1.165) is 9.90 Å². The van der Waals surface area contributed by atoms with Crippen LogP contribution >= 0.6 is 23.3 Å². The minimum atomic E-state index is 0.608. The maximum absolute atomic E-state index is 5.65. The molecule has 6 heteroatoms. The van der Waals surface area contributed by atoms with Crippen LogP contribution in [0.4, 0.5) is 10.8 Å². The molecule has 0 aromatic carbocycles. The molecule has 0 amide bonds. The first-order valence-electron chi connectivity index (χ1n) is 3.38. The number of hydrazine groups is 1. The molecular weight excluding hydrogens is 192 g/mol. The molecule has 68 valence electrons. The molecule has 0 atom stereocenters. The summed E-state index contributed by atoms with van der Waals surface area (Å²) in [5.41, 5.74) is 8.78. The van der Waals surface area contributed by atoms with Crippen molar-refractivity contribution in [2.75, 3.05) is 31.5 Å². The zero-order chi connectivity index (χ0) is 9.14. The van der Waals surface area contributed by atoms with Crippen molar-refractivity contribution in [3.8, 4) is 0 Å². The number of aromatic nitrogens is 1. The average Bonchev–Trinajstić information content (AvgIpc) is 2.30. The molecule has 0 unspecified atom stereocenters. The number of nitrogen functional groups attached to an aromatic ring is 1. The molecule has 0 bridgehead atoms. The summed E-state index contributed by atoms with van der Waals surface area (Å²) in [6.45, 7) is 0. The molecule has 0 aliphatic rings. The second kappa shape index (κ2) is 3.97. The van der Waals surface area contributed by atoms with Gasteiger partial charge in [-0.15, -0.1) is 11.8 Å². The standard InChI is InChI=1S/C6H12N4S2/c1-10(2)8-6-4(11-3)5(7)9-12-6/h8H,1-3H3,(H2,7,9). The largest absolute Gasteiger partial charge is 0.382 e. The van der Waals surface area contributed by atoms with E-state index in [4.69, 9.17) is 5.73 Å². The van der Waals surface area contributed by atoms with Crippen LogP contribution in [0.2, 0.25) is 0 Å². The van der Waals surface area contributed by atoms with E-state index in [2.05, 4.69) is 9.80 Å². The van der Waals surface area contributed by atoms with E-state index >= 15 is 0 Å². The highest BCUT2D eigenvalue weighted by Gasteiger charge is 2.09. The number of hydrogen-bond acceptors (Lipinski definition) is 6. The Morgan fingerprint density at radius 3 is 2.75 bits per heavy atom. The molecule has 12 heavy (non-hydrogen) atoms. The lowest BCUT2D eigenvalue weighted by Gasteiger charge is -2.11. The predicted octanol–water partition coefficient (Wildman–Crippen LogP) is 1.34. The zero-order valence-corrected chi connectivity index (χ0v) is 8.92. The summed E-state index contributed by atoms with van der Waals surface area (Å²) in [6.07, 6.45) is 1.99. The monoisotopic (exact) mass is 204 g/mol. The Morgan fingerprint density at radius 2 is 2.25 bits per heavy atom. The summed E-state index contributed by atoms with van der Waals surface area (Å²) in [5.74, 6) is 0.608. The fraction of sp³-hybridized carbons (Fsp3) is 0.500. The molecule has 3 N–H and O–H groups in total. The minimum absolute atomic E-state index is 0.608. The van der Waals surface area contributed by atoms with Gasteiger partial charge in [-0.2, -0.15) is 4.37 Å². The van der Waals surface area contributed by atoms with E-state index in [-0.39, 0.29) is 0 Å². The molecule has 0 fully saturated rings. The minimum Gasteiger partial charge on any atom is -0.382 e. The Hall–Kier alpha value is -0.460. The molecule has 4 nitrogen and oxygen atoms in total. The van der Waals surface area contributed by atoms with Gasteiger partial charge in [0.05, 0.1) is 4.90 Å². The van der Waals surface area contributed by atoms with Crippen LogP contribution in [0.5, 0.6) is 0 Å². The Kier molecular flexibility index (Phi) is 3.19. The van der Waals surface area contributed by atoms with Crippen LogP contribution in [0, 0.1) is 0 Å². The Balaban J connectivity index is 2.84. The van der Waals surface area contributed by atoms with Gasteiger partial charge in [0.25, 0.3) is 0 Å². The molecule has 0 aliphatic carbocycles. The van der Waals surface area contributed by atoms with Gasteiger partial charge in [0.1, 0.15) is 5.00 Å². The second-order valence-corrected chi connectivity index (χ2v) is 4.03. The van der Waals surface area contributed by atoms with Crippen molar-refractivity contribution in [3.05, 3.63) is 0 Å². The van der Waals surface area contributed by atoms with Gasteiger partial charge >= 0.3 is 0 Å². The van der Waals surface area contributed by atoms with Crippen LogP contribution in [0.1, 0.15) is 0 Å². The van der Waals surface area contributed by atoms with E-state index in [9.17, 15) is 0 Å². The molecule has 1 aromatic heterocycles. The highest BCUT2D eigenvalue weighted by atomic mass is 32.2. The smallest absolute Gasteiger partial charge is 0.153 e. The first-order valence-corrected chi connectivity index (χ1v) is 5.38. The highest BCUT2D eigenvalue weighted by molar-refractivity contribution is 7.99. The molecular formula is C6H12N4S2. The summed E-state index contributed by atoms with van der Waals surface area (Å²) in [7, 11) is 3.86. The number of hydrogen-bond donors (Lipinski definition) is 2. The van der Waals surface area contributed by atoms with Crippen molar-refractivity contribution in [2.24, 2.45) is 0 Å². The summed E-state index contributed by atoms with van der Waals surface area (Å²) in [5, 5.41) is 2.87. The summed E-state index contributed by atoms with van der Waals surface area (Å²) in [6, 6.07) is 0. The summed E-state index contributed by atoms with van der Waals surface area (Å²) < 4.78 is 4.05. The number of nitrogens with zero attached hydrogens (tertiary/aromatic N) is 2. The number of nitrogens with two attached hydrogens (primary N) is 1. The van der Waals surface area contributed by atoms with E-state index < -0.39 is 0 Å². The van der Waals surface area contributed by atoms with Gasteiger partial charge in [0.2, 0.25) is 0 Å². The molecule has 0 saturated carbocycles. The van der Waals surface area contributed by atoms with Crippen molar-refractivity contribution in [2.45, 2.75) is 4.90 Å². The van der Waals surface area contributed by atoms with Gasteiger partial charge in [-0.25, -0.2) is 5.01 Å². The van der Waals surface area contributed by atoms with Crippen LogP contribution < -0.4 is 11.2 Å². The zero-order valence-electron chi connectivity index (χ0n) is 7.29. The average molecular weight is 204 g/mol. The molecule has 1 rings (SSSR count). The lowest BCUT2D eigenvalue weighted by Crippen LogP contribution is -2.19. The van der Waals surface area contributed by atoms with Crippen LogP contribution in [0.3, 0.4) is 0 Å². The molecule has 0 spiro atoms. The van der Waals surface area contributed by atoms with Crippen molar-refractivity contribution in [1.82, 2.24) is 9.38 Å². The van der Waals surface area contributed by atoms with Crippen LogP contribution in [-0.4, -0.2) is 29.7 Å². The molecule has 0 aliphatic heterocycles. The highest BCUT2D eigenvalue weighted by Crippen LogP contribution is 2.34. The van der Waals surface area contributed by atoms with Gasteiger partial charge < -0.3 is 11.2 Å². The SMILES string of the molecule is CSc1c(N)nsc1NN(C)C. The predicted molar refractivity (Wildman–Crippen MR) is 55.6 cm³/mol. The maximum atomic E-state index is 5.65. The quantitative estimate of drug-likeness (QED) is 0.575. The van der Waals surface area contributed by atoms with E-state index in [1.165, 1.54) is 11.5 Å². The van der Waals surface area contributed by atoms with Crippen LogP contribution in [-0.2, 0) is 0 Å². The van der Waals surface area contributed by atoms with E-state index in [1.54, 1.807) is 11.8 Å². The van der Waals surface area contributed by atoms with E-state index in [0.29, 0.717) is 5.82 Å². The third kappa shape index (κ3) is 2.02. The summed E-state index contributed by atoms with van der Waals surface area (Å²) in [4.78, 5) is 1.02. The van der Waals surface area contributed by atoms with Gasteiger partial charge in [-0.3, -0.25) is 0 Å². The number of nitrogens with one attached hydrogen (secondary N) is 1. The number of thioether (sulfide) groups is 1. The first kappa shape index (κ1) is 9.63. The molecule has 0 radical (unpaired) electrons. The topological polar surface area (TPSA) is 54.2 Å². The Morgan fingerprint density at radius 1 is 1.58 bits per heavy atom. The van der Waals surface area contributed by atoms with Crippen molar-refractivity contribution >= 4 is 34.1 Å². The van der Waals surface area contributed by atoms with Gasteiger partial charge in [-0.05, 0) is 17.8 Å². The van der Waals surface area contributed by atoms with Crippen molar-refractivity contribution < 1.29 is 0 Å². The lowest BCUT2D eigenvalue weighted by atomic mass is 10.6. The van der Waals surface area contributed by atoms with E-state index in [1.807, 2.05) is 25.4 Å². The van der Waals surface area contributed by atoms with Crippen molar-refractivity contribution in [1.29, 1.82) is 0 Å². The second-order valence-electron chi connectivity index (χ2n) is 2.44. The van der Waals surface area contributed by atoms with Gasteiger partial charge in [0.15, 0.2) is 5.82 Å². The van der Waals surface area contributed by atoms with Crippen molar-refractivity contribution in [3.63, 3.8) is 0 Å². The number of rotatable bonds is 3. The Bertz CT molecular complexity index is 258. The number of anilines is 2. The van der Waals surface area contributed by atoms with Crippen LogP contribution in [0.25, 0.3) is 0 Å². The Labute approximate surface area is 80.3 Å². The normalized spacial score (nSPS) is 10.7.